The molecule has 0 fully saturated rings. The maximum Gasteiger partial charge on any atom is 0.573 e. The molecule has 0 bridgehead atoms. The van der Waals surface area contributed by atoms with Gasteiger partial charge in [-0.2, -0.15) is 0 Å². The number of ether oxygens (including phenoxy) is 1. The van der Waals surface area contributed by atoms with Gasteiger partial charge in [-0.1, -0.05) is 25.1 Å². The molecule has 3 nitrogen and oxygen atoms in total. The molecule has 2 N–H and O–H groups in total. The zero-order chi connectivity index (χ0) is 16.9. The van der Waals surface area contributed by atoms with Gasteiger partial charge in [-0.3, -0.25) is 0 Å². The highest BCUT2D eigenvalue weighted by Gasteiger charge is 2.31. The van der Waals surface area contributed by atoms with E-state index in [4.69, 9.17) is 12.2 Å². The van der Waals surface area contributed by atoms with Gasteiger partial charge in [0.05, 0.1) is 0 Å². The Morgan fingerprint density at radius 1 is 1.04 bits per heavy atom. The summed E-state index contributed by atoms with van der Waals surface area (Å²) in [6.45, 7) is 2.06. The Labute approximate surface area is 137 Å². The normalized spacial score (nSPS) is 11.0. The highest BCUT2D eigenvalue weighted by Crippen LogP contribution is 2.25. The average molecular weight is 340 g/mol. The van der Waals surface area contributed by atoms with Crippen LogP contribution < -0.4 is 15.4 Å². The second kappa shape index (κ2) is 7.32. The van der Waals surface area contributed by atoms with Gasteiger partial charge in [-0.25, -0.2) is 0 Å². The van der Waals surface area contributed by atoms with Gasteiger partial charge in [0.15, 0.2) is 5.11 Å². The number of nitrogens with one attached hydrogen (secondary N) is 2. The fraction of sp³-hybridized carbons (Fsp3) is 0.188. The number of aryl methyl sites for hydroxylation is 1. The Morgan fingerprint density at radius 3 is 2.30 bits per heavy atom. The Morgan fingerprint density at radius 2 is 1.70 bits per heavy atom. The van der Waals surface area contributed by atoms with Crippen molar-refractivity contribution < 1.29 is 17.9 Å². The van der Waals surface area contributed by atoms with Crippen LogP contribution in [0.25, 0.3) is 0 Å². The van der Waals surface area contributed by atoms with Crippen LogP contribution in [0.5, 0.6) is 5.75 Å². The van der Waals surface area contributed by atoms with Crippen LogP contribution in [0.1, 0.15) is 12.5 Å². The Hall–Kier alpha value is -2.28. The third-order valence-electron chi connectivity index (χ3n) is 2.95. The monoisotopic (exact) mass is 340 g/mol. The van der Waals surface area contributed by atoms with Crippen molar-refractivity contribution in [2.24, 2.45) is 0 Å². The van der Waals surface area contributed by atoms with Crippen molar-refractivity contribution in [1.82, 2.24) is 0 Å². The molecule has 2 aromatic carbocycles. The van der Waals surface area contributed by atoms with Crippen molar-refractivity contribution in [3.05, 3.63) is 54.1 Å². The van der Waals surface area contributed by atoms with Crippen molar-refractivity contribution in [2.75, 3.05) is 10.6 Å². The van der Waals surface area contributed by atoms with E-state index in [9.17, 15) is 13.2 Å². The smallest absolute Gasteiger partial charge is 0.406 e. The third kappa shape index (κ3) is 5.78. The Kier molecular flexibility index (Phi) is 5.44. The van der Waals surface area contributed by atoms with E-state index in [0.717, 1.165) is 12.1 Å². The van der Waals surface area contributed by atoms with Gasteiger partial charge < -0.3 is 15.4 Å². The first-order valence-corrected chi connectivity index (χ1v) is 7.29. The topological polar surface area (TPSA) is 33.3 Å². The SMILES string of the molecule is CCc1ccc(NC(=S)Nc2cccc(OC(F)(F)F)c2)cc1. The number of halogens is 3. The summed E-state index contributed by atoms with van der Waals surface area (Å²) in [6, 6.07) is 13.2. The largest absolute Gasteiger partial charge is 0.573 e. The summed E-state index contributed by atoms with van der Waals surface area (Å²) >= 11 is 5.15. The molecule has 0 aliphatic carbocycles. The Balaban J connectivity index is 1.98. The van der Waals surface area contributed by atoms with E-state index in [1.165, 1.54) is 23.8 Å². The molecule has 0 aliphatic heterocycles. The van der Waals surface area contributed by atoms with Gasteiger partial charge in [0.1, 0.15) is 5.75 Å². The number of thiocarbonyl (C=S) groups is 1. The van der Waals surface area contributed by atoms with Crippen LogP contribution in [0, 0.1) is 0 Å². The second-order valence-corrected chi connectivity index (χ2v) is 5.11. The highest BCUT2D eigenvalue weighted by molar-refractivity contribution is 7.80. The first kappa shape index (κ1) is 17.1. The van der Waals surface area contributed by atoms with E-state index in [0.29, 0.717) is 5.69 Å². The van der Waals surface area contributed by atoms with Gasteiger partial charge in [-0.15, -0.1) is 13.2 Å². The molecule has 0 atom stereocenters. The predicted molar refractivity (Wildman–Crippen MR) is 88.8 cm³/mol. The van der Waals surface area contributed by atoms with Gasteiger partial charge in [0.25, 0.3) is 0 Å². The lowest BCUT2D eigenvalue weighted by Gasteiger charge is -2.13. The zero-order valence-corrected chi connectivity index (χ0v) is 13.1. The predicted octanol–water partition coefficient (Wildman–Crippen LogP) is 4.96. The maximum absolute atomic E-state index is 12.2. The molecule has 2 aromatic rings. The summed E-state index contributed by atoms with van der Waals surface area (Å²) in [5, 5.41) is 6.06. The molecular formula is C16H15F3N2OS. The lowest BCUT2D eigenvalue weighted by atomic mass is 10.1. The van der Waals surface area contributed by atoms with Crippen molar-refractivity contribution in [2.45, 2.75) is 19.7 Å². The number of rotatable bonds is 4. The fourth-order valence-electron chi connectivity index (χ4n) is 1.89. The van der Waals surface area contributed by atoms with Gasteiger partial charge in [0, 0.05) is 17.4 Å². The number of hydrogen-bond acceptors (Lipinski definition) is 2. The molecule has 2 rings (SSSR count). The zero-order valence-electron chi connectivity index (χ0n) is 12.3. The van der Waals surface area contributed by atoms with Crippen molar-refractivity contribution in [3.63, 3.8) is 0 Å². The molecular weight excluding hydrogens is 325 g/mol. The summed E-state index contributed by atoms with van der Waals surface area (Å²) in [5.41, 5.74) is 2.39. The van der Waals surface area contributed by atoms with Crippen LogP contribution in [0.15, 0.2) is 48.5 Å². The van der Waals surface area contributed by atoms with Crippen LogP contribution in [0.2, 0.25) is 0 Å². The molecule has 23 heavy (non-hydrogen) atoms. The summed E-state index contributed by atoms with van der Waals surface area (Å²) in [7, 11) is 0. The average Bonchev–Trinajstić information content (AvgIpc) is 2.46. The first-order valence-electron chi connectivity index (χ1n) is 6.88. The van der Waals surface area contributed by atoms with Gasteiger partial charge in [0.2, 0.25) is 0 Å². The van der Waals surface area contributed by atoms with Crippen LogP contribution in [-0.4, -0.2) is 11.5 Å². The van der Waals surface area contributed by atoms with E-state index in [1.54, 1.807) is 6.07 Å². The fourth-order valence-corrected chi connectivity index (χ4v) is 2.12. The second-order valence-electron chi connectivity index (χ2n) is 4.71. The molecule has 0 aliphatic rings. The summed E-state index contributed by atoms with van der Waals surface area (Å²) in [4.78, 5) is 0. The van der Waals surface area contributed by atoms with Crippen LogP contribution >= 0.6 is 12.2 Å². The van der Waals surface area contributed by atoms with Crippen molar-refractivity contribution >= 4 is 28.7 Å². The maximum atomic E-state index is 12.2. The van der Waals surface area contributed by atoms with E-state index in [-0.39, 0.29) is 10.9 Å². The number of hydrogen-bond donors (Lipinski definition) is 2. The van der Waals surface area contributed by atoms with Crippen LogP contribution in [-0.2, 0) is 6.42 Å². The van der Waals surface area contributed by atoms with E-state index >= 15 is 0 Å². The third-order valence-corrected chi connectivity index (χ3v) is 3.15. The number of alkyl halides is 3. The molecule has 0 saturated carbocycles. The van der Waals surface area contributed by atoms with Gasteiger partial charge in [-0.05, 0) is 48.5 Å². The van der Waals surface area contributed by atoms with Crippen LogP contribution in [0.4, 0.5) is 24.5 Å². The summed E-state index contributed by atoms with van der Waals surface area (Å²) in [6.07, 6.45) is -3.78. The molecule has 0 spiro atoms. The molecule has 0 aromatic heterocycles. The summed E-state index contributed by atoms with van der Waals surface area (Å²) < 4.78 is 40.5. The standard InChI is InChI=1S/C16H15F3N2OS/c1-2-11-6-8-12(9-7-11)20-15(23)21-13-4-3-5-14(10-13)22-16(17,18)19/h3-10H,2H2,1H3,(H2,20,21,23). The minimum Gasteiger partial charge on any atom is -0.406 e. The molecule has 7 heteroatoms. The van der Waals surface area contributed by atoms with E-state index in [1.807, 2.05) is 24.3 Å². The molecule has 122 valence electrons. The Bertz CT molecular complexity index is 672. The van der Waals surface area contributed by atoms with E-state index < -0.39 is 6.36 Å². The molecule has 0 saturated heterocycles. The quantitative estimate of drug-likeness (QED) is 0.771. The first-order chi connectivity index (χ1) is 10.9. The summed E-state index contributed by atoms with van der Waals surface area (Å²) in [5.74, 6) is -0.308. The molecule has 0 radical (unpaired) electrons. The van der Waals surface area contributed by atoms with E-state index in [2.05, 4.69) is 22.3 Å². The molecule has 0 heterocycles. The molecule has 0 amide bonds. The highest BCUT2D eigenvalue weighted by atomic mass is 32.1. The van der Waals surface area contributed by atoms with Crippen LogP contribution in [0.3, 0.4) is 0 Å². The lowest BCUT2D eigenvalue weighted by molar-refractivity contribution is -0.274. The van der Waals surface area contributed by atoms with Gasteiger partial charge >= 0.3 is 6.36 Å². The lowest BCUT2D eigenvalue weighted by Crippen LogP contribution is -2.20. The van der Waals surface area contributed by atoms with Crippen molar-refractivity contribution in [3.8, 4) is 5.75 Å². The number of anilines is 2. The minimum absolute atomic E-state index is 0.276. The molecule has 0 unspecified atom stereocenters. The van der Waals surface area contributed by atoms with Crippen molar-refractivity contribution in [1.29, 1.82) is 0 Å². The minimum atomic E-state index is -4.72. The number of benzene rings is 2.